The van der Waals surface area contributed by atoms with Crippen LogP contribution in [-0.4, -0.2) is 14.5 Å². The highest BCUT2D eigenvalue weighted by molar-refractivity contribution is 6.11. The molecule has 0 spiro atoms. The topological polar surface area (TPSA) is 78.3 Å². The minimum atomic E-state index is 0.546. The lowest BCUT2D eigenvalue weighted by Gasteiger charge is -2.09. The molecule has 0 bridgehead atoms. The Labute approximate surface area is 271 Å². The molecule has 47 heavy (non-hydrogen) atoms. The van der Waals surface area contributed by atoms with Gasteiger partial charge < -0.3 is 4.57 Å². The second-order valence-corrected chi connectivity index (χ2v) is 11.4. The van der Waals surface area contributed by atoms with Crippen molar-refractivity contribution in [3.63, 3.8) is 0 Å². The summed E-state index contributed by atoms with van der Waals surface area (Å²) in [5.74, 6) is 0. The molecule has 218 valence electrons. The first-order valence-corrected chi connectivity index (χ1v) is 15.2. The summed E-state index contributed by atoms with van der Waals surface area (Å²) < 4.78 is 2.33. The van der Waals surface area contributed by atoms with Crippen molar-refractivity contribution in [3.05, 3.63) is 163 Å². The van der Waals surface area contributed by atoms with E-state index >= 15 is 0 Å². The highest BCUT2D eigenvalue weighted by Crippen LogP contribution is 2.38. The Morgan fingerprint density at radius 2 is 0.809 bits per heavy atom. The first-order valence-electron chi connectivity index (χ1n) is 15.2. The fourth-order valence-corrected chi connectivity index (χ4v) is 6.27. The Morgan fingerprint density at radius 1 is 0.404 bits per heavy atom. The van der Waals surface area contributed by atoms with Crippen molar-refractivity contribution in [2.75, 3.05) is 0 Å². The normalized spacial score (nSPS) is 10.9. The van der Waals surface area contributed by atoms with E-state index in [-0.39, 0.29) is 0 Å². The van der Waals surface area contributed by atoms with Gasteiger partial charge in [-0.25, -0.2) is 0 Å². The maximum absolute atomic E-state index is 9.29. The first kappa shape index (κ1) is 27.7. The zero-order valence-electron chi connectivity index (χ0n) is 25.2. The highest BCUT2D eigenvalue weighted by atomic mass is 15.0. The SMILES string of the molecule is N#Cc1cncc(-c2ccc(-c3ccc4c(c3)c3cc(-c5ccc(-c6cncc(C#N)c6)cc5)ccc3n4-c3ccccc3)cc2)c1. The summed E-state index contributed by atoms with van der Waals surface area (Å²) in [6, 6.07) is 48.7. The fraction of sp³-hybridized carbons (Fsp3) is 0. The van der Waals surface area contributed by atoms with Crippen molar-refractivity contribution in [2.45, 2.75) is 0 Å². The quantitative estimate of drug-likeness (QED) is 0.197. The number of nitrogens with zero attached hydrogens (tertiary/aromatic N) is 5. The molecule has 0 aliphatic carbocycles. The molecular weight excluding hydrogens is 574 g/mol. The number of pyridine rings is 2. The van der Waals surface area contributed by atoms with E-state index in [9.17, 15) is 10.5 Å². The Kier molecular flexibility index (Phi) is 6.84. The predicted octanol–water partition coefficient (Wildman–Crippen LogP) is 9.99. The van der Waals surface area contributed by atoms with Crippen molar-refractivity contribution in [3.8, 4) is 62.3 Å². The van der Waals surface area contributed by atoms with Gasteiger partial charge in [0.25, 0.3) is 0 Å². The van der Waals surface area contributed by atoms with E-state index in [4.69, 9.17) is 0 Å². The van der Waals surface area contributed by atoms with E-state index in [2.05, 4.69) is 136 Å². The van der Waals surface area contributed by atoms with Crippen LogP contribution in [0.3, 0.4) is 0 Å². The van der Waals surface area contributed by atoms with Crippen LogP contribution in [0.15, 0.2) is 152 Å². The molecule has 3 heterocycles. The summed E-state index contributed by atoms with van der Waals surface area (Å²) in [7, 11) is 0. The molecule has 0 N–H and O–H groups in total. The fourth-order valence-electron chi connectivity index (χ4n) is 6.27. The molecule has 3 aromatic heterocycles. The highest BCUT2D eigenvalue weighted by Gasteiger charge is 2.15. The second-order valence-electron chi connectivity index (χ2n) is 11.4. The van der Waals surface area contributed by atoms with E-state index in [0.717, 1.165) is 61.2 Å². The van der Waals surface area contributed by atoms with Gasteiger partial charge >= 0.3 is 0 Å². The smallest absolute Gasteiger partial charge is 0.101 e. The number of para-hydroxylation sites is 1. The van der Waals surface area contributed by atoms with Gasteiger partial charge in [0.2, 0.25) is 0 Å². The molecule has 0 atom stereocenters. The lowest BCUT2D eigenvalue weighted by Crippen LogP contribution is -1.93. The van der Waals surface area contributed by atoms with Crippen LogP contribution < -0.4 is 0 Å². The summed E-state index contributed by atoms with van der Waals surface area (Å²) in [5.41, 5.74) is 12.9. The second kappa shape index (κ2) is 11.6. The number of nitriles is 2. The van der Waals surface area contributed by atoms with Gasteiger partial charge in [-0.15, -0.1) is 0 Å². The summed E-state index contributed by atoms with van der Waals surface area (Å²) >= 11 is 0. The molecule has 8 rings (SSSR count). The Balaban J connectivity index is 1.22. The summed E-state index contributed by atoms with van der Waals surface area (Å²) in [6.45, 7) is 0. The third-order valence-electron chi connectivity index (χ3n) is 8.62. The zero-order chi connectivity index (χ0) is 31.7. The lowest BCUT2D eigenvalue weighted by atomic mass is 9.97. The molecular formula is C42H25N5. The van der Waals surface area contributed by atoms with Gasteiger partial charge in [-0.2, -0.15) is 10.5 Å². The molecule has 5 nitrogen and oxygen atoms in total. The summed E-state index contributed by atoms with van der Waals surface area (Å²) in [4.78, 5) is 8.44. The van der Waals surface area contributed by atoms with Crippen molar-refractivity contribution in [1.82, 2.24) is 14.5 Å². The maximum atomic E-state index is 9.29. The molecule has 0 saturated heterocycles. The standard InChI is InChI=1S/C42H25N5/c43-22-28-18-36(26-45-24-28)32-10-6-30(7-11-32)34-14-16-41-39(20-34)40-21-35(15-17-42(40)47(41)38-4-2-1-3-5-38)31-8-12-33(13-9-31)37-19-29(23-44)25-46-27-37/h1-21,24-27H. The van der Waals surface area contributed by atoms with Gasteiger partial charge in [0.05, 0.1) is 22.2 Å². The molecule has 8 aromatic rings. The molecule has 0 unspecified atom stereocenters. The van der Waals surface area contributed by atoms with Gasteiger partial charge in [0, 0.05) is 52.4 Å². The summed E-state index contributed by atoms with van der Waals surface area (Å²) in [6.07, 6.45) is 6.73. The molecule has 5 heteroatoms. The van der Waals surface area contributed by atoms with Crippen LogP contribution in [0.2, 0.25) is 0 Å². The van der Waals surface area contributed by atoms with Gasteiger partial charge in [0.1, 0.15) is 12.1 Å². The van der Waals surface area contributed by atoms with Gasteiger partial charge in [0.15, 0.2) is 0 Å². The molecule has 0 aliphatic heterocycles. The van der Waals surface area contributed by atoms with Crippen LogP contribution in [0.4, 0.5) is 0 Å². The van der Waals surface area contributed by atoms with Crippen LogP contribution in [0, 0.1) is 22.7 Å². The van der Waals surface area contributed by atoms with Crippen LogP contribution in [0.1, 0.15) is 11.1 Å². The maximum Gasteiger partial charge on any atom is 0.101 e. The Morgan fingerprint density at radius 3 is 1.23 bits per heavy atom. The molecule has 0 radical (unpaired) electrons. The largest absolute Gasteiger partial charge is 0.309 e. The third-order valence-corrected chi connectivity index (χ3v) is 8.62. The van der Waals surface area contributed by atoms with Crippen molar-refractivity contribution < 1.29 is 0 Å². The average molecular weight is 600 g/mol. The minimum Gasteiger partial charge on any atom is -0.309 e. The van der Waals surface area contributed by atoms with Crippen LogP contribution in [-0.2, 0) is 0 Å². The number of fused-ring (bicyclic) bond motifs is 3. The number of hydrogen-bond acceptors (Lipinski definition) is 4. The number of rotatable bonds is 5. The molecule has 0 aliphatic rings. The third kappa shape index (κ3) is 5.09. The van der Waals surface area contributed by atoms with E-state index in [1.807, 2.05) is 18.2 Å². The van der Waals surface area contributed by atoms with Crippen LogP contribution in [0.25, 0.3) is 72.0 Å². The molecule has 0 amide bonds. The molecule has 5 aromatic carbocycles. The van der Waals surface area contributed by atoms with Gasteiger partial charge in [-0.3, -0.25) is 9.97 Å². The van der Waals surface area contributed by atoms with Gasteiger partial charge in [-0.05, 0) is 81.9 Å². The van der Waals surface area contributed by atoms with E-state index in [0.29, 0.717) is 11.1 Å². The molecule has 0 saturated carbocycles. The number of aromatic nitrogens is 3. The first-order chi connectivity index (χ1) is 23.2. The van der Waals surface area contributed by atoms with Crippen molar-refractivity contribution >= 4 is 21.8 Å². The van der Waals surface area contributed by atoms with Crippen molar-refractivity contribution in [2.24, 2.45) is 0 Å². The number of benzene rings is 5. The minimum absolute atomic E-state index is 0.546. The average Bonchev–Trinajstić information content (AvgIpc) is 3.48. The molecule has 0 fully saturated rings. The monoisotopic (exact) mass is 599 g/mol. The van der Waals surface area contributed by atoms with E-state index in [1.54, 1.807) is 24.8 Å². The predicted molar refractivity (Wildman–Crippen MR) is 188 cm³/mol. The van der Waals surface area contributed by atoms with E-state index < -0.39 is 0 Å². The van der Waals surface area contributed by atoms with Crippen molar-refractivity contribution in [1.29, 1.82) is 10.5 Å². The van der Waals surface area contributed by atoms with Gasteiger partial charge in [-0.1, -0.05) is 78.9 Å². The van der Waals surface area contributed by atoms with Crippen LogP contribution in [0.5, 0.6) is 0 Å². The summed E-state index contributed by atoms with van der Waals surface area (Å²) in [5, 5.41) is 20.9. The zero-order valence-corrected chi connectivity index (χ0v) is 25.2. The van der Waals surface area contributed by atoms with E-state index in [1.165, 1.54) is 10.8 Å². The lowest BCUT2D eigenvalue weighted by molar-refractivity contribution is 1.18. The van der Waals surface area contributed by atoms with Crippen LogP contribution >= 0.6 is 0 Å². The Hall–Kier alpha value is -6.82. The number of hydrogen-bond donors (Lipinski definition) is 0. The Bertz CT molecular complexity index is 2360.